The summed E-state index contributed by atoms with van der Waals surface area (Å²) in [6.45, 7) is 7.41. The fraction of sp³-hybridized carbons (Fsp3) is 0.259. The lowest BCUT2D eigenvalue weighted by molar-refractivity contribution is -0.128. The van der Waals surface area contributed by atoms with Crippen molar-refractivity contribution in [1.82, 2.24) is 30.5 Å². The molecule has 4 rings (SSSR count). The summed E-state index contributed by atoms with van der Waals surface area (Å²) in [5, 5.41) is 16.1. The molecule has 0 aliphatic rings. The molecule has 1 N–H and O–H groups in total. The molecule has 1 unspecified atom stereocenters. The molecule has 1 atom stereocenters. The Kier molecular flexibility index (Phi) is 7.63. The number of nitrogens with one attached hydrogen (secondary N) is 1. The summed E-state index contributed by atoms with van der Waals surface area (Å²) in [4.78, 5) is 34.3. The van der Waals surface area contributed by atoms with Crippen molar-refractivity contribution in [3.8, 4) is 11.4 Å². The minimum atomic E-state index is -0.948. The maximum absolute atomic E-state index is 13.9. The van der Waals surface area contributed by atoms with Gasteiger partial charge in [-0.15, -0.1) is 10.2 Å². The van der Waals surface area contributed by atoms with E-state index in [9.17, 15) is 9.59 Å². The van der Waals surface area contributed by atoms with Gasteiger partial charge in [0.1, 0.15) is 12.6 Å². The van der Waals surface area contributed by atoms with Crippen molar-refractivity contribution in [2.24, 2.45) is 0 Å². The van der Waals surface area contributed by atoms with E-state index in [2.05, 4.69) is 25.7 Å². The molecule has 0 aliphatic heterocycles. The van der Waals surface area contributed by atoms with Gasteiger partial charge in [-0.3, -0.25) is 19.5 Å². The molecule has 10 heteroatoms. The van der Waals surface area contributed by atoms with Crippen molar-refractivity contribution in [2.75, 3.05) is 4.90 Å². The van der Waals surface area contributed by atoms with E-state index in [0.717, 1.165) is 11.1 Å². The van der Waals surface area contributed by atoms with Crippen LogP contribution >= 0.6 is 11.6 Å². The molecule has 0 spiro atoms. The zero-order valence-corrected chi connectivity index (χ0v) is 21.8. The van der Waals surface area contributed by atoms with E-state index in [1.54, 1.807) is 48.8 Å². The highest BCUT2D eigenvalue weighted by Gasteiger charge is 2.34. The summed E-state index contributed by atoms with van der Waals surface area (Å²) < 4.78 is 0. The van der Waals surface area contributed by atoms with Gasteiger partial charge in [0.25, 0.3) is 5.91 Å². The number of halogens is 1. The van der Waals surface area contributed by atoms with Gasteiger partial charge in [0.05, 0.1) is 0 Å². The molecule has 0 fully saturated rings. The third-order valence-corrected chi connectivity index (χ3v) is 5.69. The van der Waals surface area contributed by atoms with Crippen molar-refractivity contribution >= 4 is 29.1 Å². The van der Waals surface area contributed by atoms with Crippen molar-refractivity contribution in [2.45, 2.75) is 45.8 Å². The van der Waals surface area contributed by atoms with Gasteiger partial charge in [0.2, 0.25) is 11.7 Å². The number of aromatic nitrogens is 5. The Morgan fingerprint density at radius 3 is 2.27 bits per heavy atom. The van der Waals surface area contributed by atoms with E-state index in [-0.39, 0.29) is 18.4 Å². The molecule has 0 bridgehead atoms. The van der Waals surface area contributed by atoms with E-state index >= 15 is 0 Å². The largest absolute Gasteiger partial charge is 0.349 e. The molecule has 2 amide bonds. The van der Waals surface area contributed by atoms with Crippen LogP contribution < -0.4 is 10.2 Å². The van der Waals surface area contributed by atoms with Gasteiger partial charge in [0, 0.05) is 34.2 Å². The first-order valence-electron chi connectivity index (χ1n) is 11.8. The lowest BCUT2D eigenvalue weighted by Gasteiger charge is -2.33. The highest BCUT2D eigenvalue weighted by atomic mass is 35.5. The van der Waals surface area contributed by atoms with E-state index < -0.39 is 11.6 Å². The third-order valence-electron chi connectivity index (χ3n) is 5.44. The van der Waals surface area contributed by atoms with E-state index in [1.165, 1.54) is 9.70 Å². The number of anilines is 1. The lowest BCUT2D eigenvalue weighted by Crippen LogP contribution is -2.50. The number of tetrazole rings is 1. The van der Waals surface area contributed by atoms with Crippen LogP contribution in [0.1, 0.15) is 37.9 Å². The molecule has 0 saturated heterocycles. The highest BCUT2D eigenvalue weighted by molar-refractivity contribution is 6.30. The summed E-state index contributed by atoms with van der Waals surface area (Å²) in [6, 6.07) is 17.0. The molecule has 190 valence electrons. The molecular formula is C27H28ClN7O2. The maximum atomic E-state index is 13.9. The number of aryl methyl sites for hydroxylation is 1. The van der Waals surface area contributed by atoms with Gasteiger partial charge in [-0.25, -0.2) is 0 Å². The summed E-state index contributed by atoms with van der Waals surface area (Å²) in [6.07, 6.45) is 3.20. The van der Waals surface area contributed by atoms with Crippen LogP contribution in [0.15, 0.2) is 73.1 Å². The fourth-order valence-electron chi connectivity index (χ4n) is 3.77. The van der Waals surface area contributed by atoms with Crippen LogP contribution in [-0.2, 0) is 16.1 Å². The zero-order valence-electron chi connectivity index (χ0n) is 21.1. The summed E-state index contributed by atoms with van der Waals surface area (Å²) in [7, 11) is 0. The van der Waals surface area contributed by atoms with E-state index in [0.29, 0.717) is 22.1 Å². The van der Waals surface area contributed by atoms with Crippen molar-refractivity contribution < 1.29 is 9.59 Å². The van der Waals surface area contributed by atoms with Crippen LogP contribution in [0.25, 0.3) is 11.4 Å². The SMILES string of the molecule is Cc1ccc(N(C(=O)Cn2nnc(-c3ccc(Cl)cc3)n2)C(C(=O)NC(C)(C)C)c2ccncc2)cc1. The van der Waals surface area contributed by atoms with Crippen molar-refractivity contribution in [3.05, 3.63) is 89.2 Å². The topological polar surface area (TPSA) is 106 Å². The Hall–Kier alpha value is -4.11. The van der Waals surface area contributed by atoms with Gasteiger partial charge >= 0.3 is 0 Å². The minimum absolute atomic E-state index is 0.223. The molecule has 2 aromatic carbocycles. The van der Waals surface area contributed by atoms with Gasteiger partial charge < -0.3 is 5.32 Å². The number of amides is 2. The average Bonchev–Trinajstić information content (AvgIpc) is 3.31. The number of hydrogen-bond acceptors (Lipinski definition) is 6. The summed E-state index contributed by atoms with van der Waals surface area (Å²) in [5.74, 6) is -0.335. The number of carbonyl (C=O) groups is 2. The Morgan fingerprint density at radius 1 is 1.00 bits per heavy atom. The van der Waals surface area contributed by atoms with Crippen LogP contribution in [0.2, 0.25) is 5.02 Å². The van der Waals surface area contributed by atoms with E-state index in [4.69, 9.17) is 11.6 Å². The number of nitrogens with zero attached hydrogens (tertiary/aromatic N) is 6. The molecule has 2 aromatic heterocycles. The molecule has 4 aromatic rings. The summed E-state index contributed by atoms with van der Waals surface area (Å²) in [5.41, 5.74) is 2.43. The number of pyridine rings is 1. The smallest absolute Gasteiger partial charge is 0.251 e. The monoisotopic (exact) mass is 517 g/mol. The predicted octanol–water partition coefficient (Wildman–Crippen LogP) is 4.39. The van der Waals surface area contributed by atoms with Crippen LogP contribution in [0.3, 0.4) is 0 Å². The first-order valence-corrected chi connectivity index (χ1v) is 12.1. The van der Waals surface area contributed by atoms with Gasteiger partial charge in [-0.05, 0) is 87.0 Å². The first kappa shape index (κ1) is 26.0. The number of carbonyl (C=O) groups excluding carboxylic acids is 2. The standard InChI is InChI=1S/C27H28ClN7O2/c1-18-5-11-22(12-6-18)35(24(19-13-15-29-16-14-19)26(37)30-27(2,3)4)23(36)17-34-32-25(31-33-34)20-7-9-21(28)10-8-20/h5-16,24H,17H2,1-4H3,(H,30,37). The average molecular weight is 518 g/mol. The first-order chi connectivity index (χ1) is 17.6. The Bertz CT molecular complexity index is 1360. The number of benzene rings is 2. The fourth-order valence-corrected chi connectivity index (χ4v) is 3.89. The Morgan fingerprint density at radius 2 is 1.65 bits per heavy atom. The minimum Gasteiger partial charge on any atom is -0.349 e. The van der Waals surface area contributed by atoms with Crippen molar-refractivity contribution in [3.63, 3.8) is 0 Å². The molecule has 0 saturated carbocycles. The van der Waals surface area contributed by atoms with Crippen molar-refractivity contribution in [1.29, 1.82) is 0 Å². The van der Waals surface area contributed by atoms with Crippen LogP contribution in [-0.4, -0.2) is 42.5 Å². The lowest BCUT2D eigenvalue weighted by atomic mass is 10.0. The second-order valence-corrected chi connectivity index (χ2v) is 10.1. The second-order valence-electron chi connectivity index (χ2n) is 9.67. The van der Waals surface area contributed by atoms with Crippen LogP contribution in [0, 0.1) is 6.92 Å². The van der Waals surface area contributed by atoms with Crippen LogP contribution in [0.5, 0.6) is 0 Å². The normalized spacial score (nSPS) is 12.1. The number of rotatable bonds is 7. The predicted molar refractivity (Wildman–Crippen MR) is 142 cm³/mol. The molecule has 37 heavy (non-hydrogen) atoms. The zero-order chi connectivity index (χ0) is 26.6. The molecule has 9 nitrogen and oxygen atoms in total. The highest BCUT2D eigenvalue weighted by Crippen LogP contribution is 2.29. The second kappa shape index (κ2) is 10.9. The Labute approximate surface area is 220 Å². The molecule has 2 heterocycles. The quantitative estimate of drug-likeness (QED) is 0.390. The number of hydrogen-bond donors (Lipinski definition) is 1. The van der Waals surface area contributed by atoms with E-state index in [1.807, 2.05) is 52.0 Å². The molecular weight excluding hydrogens is 490 g/mol. The summed E-state index contributed by atoms with van der Waals surface area (Å²) >= 11 is 5.97. The molecule has 0 aliphatic carbocycles. The van der Waals surface area contributed by atoms with Gasteiger partial charge in [0.15, 0.2) is 0 Å². The van der Waals surface area contributed by atoms with Gasteiger partial charge in [-0.2, -0.15) is 4.80 Å². The van der Waals surface area contributed by atoms with Crippen LogP contribution in [0.4, 0.5) is 5.69 Å². The third kappa shape index (κ3) is 6.56. The van der Waals surface area contributed by atoms with Gasteiger partial charge in [-0.1, -0.05) is 29.3 Å². The maximum Gasteiger partial charge on any atom is 0.251 e. The molecule has 0 radical (unpaired) electrons. The Balaban J connectivity index is 1.72.